The fraction of sp³-hybridized carbons (Fsp3) is 0.294. The molecule has 0 heterocycles. The summed E-state index contributed by atoms with van der Waals surface area (Å²) in [5.41, 5.74) is 7.77. The second kappa shape index (κ2) is 8.05. The van der Waals surface area contributed by atoms with Crippen molar-refractivity contribution in [3.63, 3.8) is 0 Å². The summed E-state index contributed by atoms with van der Waals surface area (Å²) in [4.78, 5) is 2.30. The van der Waals surface area contributed by atoms with E-state index in [2.05, 4.69) is 52.1 Å². The van der Waals surface area contributed by atoms with Crippen LogP contribution in [0.25, 0.3) is 0 Å². The van der Waals surface area contributed by atoms with Crippen LogP contribution < -0.4 is 10.5 Å². The van der Waals surface area contributed by atoms with Crippen molar-refractivity contribution < 1.29 is 4.74 Å². The van der Waals surface area contributed by atoms with Crippen molar-refractivity contribution in [2.75, 3.05) is 25.9 Å². The predicted molar refractivity (Wildman–Crippen MR) is 91.4 cm³/mol. The van der Waals surface area contributed by atoms with E-state index in [1.807, 2.05) is 24.3 Å². The number of halogens is 1. The third-order valence-electron chi connectivity index (χ3n) is 3.18. The summed E-state index contributed by atoms with van der Waals surface area (Å²) < 4.78 is 6.81. The molecule has 21 heavy (non-hydrogen) atoms. The van der Waals surface area contributed by atoms with Crippen molar-refractivity contribution in [1.29, 1.82) is 0 Å². The molecule has 0 saturated carbocycles. The molecule has 2 aromatic rings. The van der Waals surface area contributed by atoms with Gasteiger partial charge in [0.15, 0.2) is 0 Å². The number of hydrogen-bond donors (Lipinski definition) is 1. The second-order valence-corrected chi connectivity index (χ2v) is 6.05. The minimum Gasteiger partial charge on any atom is -0.493 e. The normalized spacial score (nSPS) is 10.8. The van der Waals surface area contributed by atoms with Gasteiger partial charge in [0.05, 0.1) is 6.61 Å². The molecule has 0 aromatic heterocycles. The summed E-state index contributed by atoms with van der Waals surface area (Å²) in [6, 6.07) is 16.0. The molecule has 0 aliphatic rings. The Morgan fingerprint density at radius 2 is 1.90 bits per heavy atom. The Morgan fingerprint density at radius 3 is 2.62 bits per heavy atom. The van der Waals surface area contributed by atoms with Crippen molar-refractivity contribution in [1.82, 2.24) is 4.90 Å². The number of anilines is 1. The molecular formula is C17H21BrN2O. The van der Waals surface area contributed by atoms with E-state index in [1.165, 1.54) is 5.56 Å². The van der Waals surface area contributed by atoms with E-state index in [1.54, 1.807) is 0 Å². The number of hydrogen-bond acceptors (Lipinski definition) is 3. The number of nitrogens with two attached hydrogens (primary N) is 1. The molecule has 0 fully saturated rings. The standard InChI is InChI=1S/C17H21BrN2O/c1-20(13-14-6-8-15(18)9-7-14)10-3-11-21-17-5-2-4-16(19)12-17/h2,4-9,12H,3,10-11,13,19H2,1H3. The third-order valence-corrected chi connectivity index (χ3v) is 3.71. The van der Waals surface area contributed by atoms with Gasteiger partial charge < -0.3 is 15.4 Å². The minimum absolute atomic E-state index is 0.703. The zero-order valence-electron chi connectivity index (χ0n) is 12.3. The van der Waals surface area contributed by atoms with Crippen LogP contribution in [0.1, 0.15) is 12.0 Å². The lowest BCUT2D eigenvalue weighted by Crippen LogP contribution is -2.20. The smallest absolute Gasteiger partial charge is 0.121 e. The first-order chi connectivity index (χ1) is 10.1. The van der Waals surface area contributed by atoms with Crippen LogP contribution in [-0.2, 0) is 6.54 Å². The van der Waals surface area contributed by atoms with Crippen LogP contribution in [0.3, 0.4) is 0 Å². The van der Waals surface area contributed by atoms with E-state index in [4.69, 9.17) is 10.5 Å². The molecule has 3 nitrogen and oxygen atoms in total. The molecule has 0 amide bonds. The highest BCUT2D eigenvalue weighted by atomic mass is 79.9. The zero-order valence-corrected chi connectivity index (χ0v) is 13.8. The SMILES string of the molecule is CN(CCCOc1cccc(N)c1)Cc1ccc(Br)cc1. The third kappa shape index (κ3) is 5.78. The van der Waals surface area contributed by atoms with Gasteiger partial charge in [-0.2, -0.15) is 0 Å². The maximum atomic E-state index is 5.72. The zero-order chi connectivity index (χ0) is 15.1. The van der Waals surface area contributed by atoms with Gasteiger partial charge in [-0.1, -0.05) is 34.1 Å². The number of nitrogens with zero attached hydrogens (tertiary/aromatic N) is 1. The number of rotatable bonds is 7. The highest BCUT2D eigenvalue weighted by molar-refractivity contribution is 9.10. The highest BCUT2D eigenvalue weighted by Gasteiger charge is 2.01. The molecule has 0 atom stereocenters. The van der Waals surface area contributed by atoms with Crippen LogP contribution in [0.15, 0.2) is 53.0 Å². The van der Waals surface area contributed by atoms with E-state index in [-0.39, 0.29) is 0 Å². The van der Waals surface area contributed by atoms with Gasteiger partial charge in [-0.3, -0.25) is 0 Å². The van der Waals surface area contributed by atoms with E-state index >= 15 is 0 Å². The lowest BCUT2D eigenvalue weighted by molar-refractivity contribution is 0.259. The van der Waals surface area contributed by atoms with Crippen molar-refractivity contribution in [2.45, 2.75) is 13.0 Å². The van der Waals surface area contributed by atoms with Gasteiger partial charge in [0.1, 0.15) is 5.75 Å². The van der Waals surface area contributed by atoms with Gasteiger partial charge in [0, 0.05) is 29.3 Å². The Morgan fingerprint density at radius 1 is 1.14 bits per heavy atom. The van der Waals surface area contributed by atoms with Gasteiger partial charge in [0.25, 0.3) is 0 Å². The number of ether oxygens (including phenoxy) is 1. The molecule has 4 heteroatoms. The summed E-state index contributed by atoms with van der Waals surface area (Å²) in [5, 5.41) is 0. The van der Waals surface area contributed by atoms with Crippen LogP contribution in [0.5, 0.6) is 5.75 Å². The molecule has 2 aromatic carbocycles. The molecule has 0 aliphatic carbocycles. The molecule has 2 rings (SSSR count). The Bertz CT molecular complexity index is 557. The average molecular weight is 349 g/mol. The maximum Gasteiger partial charge on any atom is 0.121 e. The molecule has 0 spiro atoms. The van der Waals surface area contributed by atoms with E-state index in [9.17, 15) is 0 Å². The van der Waals surface area contributed by atoms with Crippen LogP contribution >= 0.6 is 15.9 Å². The van der Waals surface area contributed by atoms with Gasteiger partial charge >= 0.3 is 0 Å². The monoisotopic (exact) mass is 348 g/mol. The first-order valence-electron chi connectivity index (χ1n) is 7.05. The van der Waals surface area contributed by atoms with Gasteiger partial charge in [0.2, 0.25) is 0 Å². The van der Waals surface area contributed by atoms with E-state index in [0.29, 0.717) is 6.61 Å². The predicted octanol–water partition coefficient (Wildman–Crippen LogP) is 3.93. The fourth-order valence-corrected chi connectivity index (χ4v) is 2.37. The van der Waals surface area contributed by atoms with Crippen LogP contribution in [0.2, 0.25) is 0 Å². The van der Waals surface area contributed by atoms with Crippen molar-refractivity contribution in [3.05, 3.63) is 58.6 Å². The summed E-state index contributed by atoms with van der Waals surface area (Å²) >= 11 is 3.45. The fourth-order valence-electron chi connectivity index (χ4n) is 2.11. The van der Waals surface area contributed by atoms with Crippen LogP contribution in [0, 0.1) is 0 Å². The maximum absolute atomic E-state index is 5.72. The first kappa shape index (κ1) is 15.9. The number of nitrogen functional groups attached to an aromatic ring is 1. The summed E-state index contributed by atoms with van der Waals surface area (Å²) in [5.74, 6) is 0.838. The molecule has 0 radical (unpaired) electrons. The minimum atomic E-state index is 0.703. The van der Waals surface area contributed by atoms with Gasteiger partial charge in [-0.25, -0.2) is 0 Å². The van der Waals surface area contributed by atoms with Crippen molar-refractivity contribution in [3.8, 4) is 5.75 Å². The van der Waals surface area contributed by atoms with Gasteiger partial charge in [-0.15, -0.1) is 0 Å². The summed E-state index contributed by atoms with van der Waals surface area (Å²) in [6.07, 6.45) is 0.988. The van der Waals surface area contributed by atoms with E-state index < -0.39 is 0 Å². The number of benzene rings is 2. The van der Waals surface area contributed by atoms with E-state index in [0.717, 1.165) is 35.4 Å². The molecule has 0 bridgehead atoms. The van der Waals surface area contributed by atoms with Crippen LogP contribution in [-0.4, -0.2) is 25.1 Å². The average Bonchev–Trinajstić information content (AvgIpc) is 2.46. The topological polar surface area (TPSA) is 38.5 Å². The summed E-state index contributed by atoms with van der Waals surface area (Å²) in [6.45, 7) is 2.65. The Balaban J connectivity index is 1.67. The quantitative estimate of drug-likeness (QED) is 0.608. The van der Waals surface area contributed by atoms with Crippen LogP contribution in [0.4, 0.5) is 5.69 Å². The Hall–Kier alpha value is -1.52. The Labute approximate surface area is 134 Å². The molecule has 2 N–H and O–H groups in total. The second-order valence-electron chi connectivity index (χ2n) is 5.14. The molecule has 0 aliphatic heterocycles. The molecule has 112 valence electrons. The molecule has 0 saturated heterocycles. The van der Waals surface area contributed by atoms with Gasteiger partial charge in [-0.05, 0) is 43.3 Å². The first-order valence-corrected chi connectivity index (χ1v) is 7.84. The largest absolute Gasteiger partial charge is 0.493 e. The Kier molecular flexibility index (Phi) is 6.08. The molecule has 0 unspecified atom stereocenters. The molecular weight excluding hydrogens is 328 g/mol. The lowest BCUT2D eigenvalue weighted by atomic mass is 10.2. The lowest BCUT2D eigenvalue weighted by Gasteiger charge is -2.17. The van der Waals surface area contributed by atoms with Crippen molar-refractivity contribution in [2.24, 2.45) is 0 Å². The highest BCUT2D eigenvalue weighted by Crippen LogP contribution is 2.15. The van der Waals surface area contributed by atoms with Crippen molar-refractivity contribution >= 4 is 21.6 Å². The summed E-state index contributed by atoms with van der Waals surface area (Å²) in [7, 11) is 2.13.